The van der Waals surface area contributed by atoms with Gasteiger partial charge in [-0.2, -0.15) is 0 Å². The van der Waals surface area contributed by atoms with Crippen molar-refractivity contribution in [1.82, 2.24) is 0 Å². The van der Waals surface area contributed by atoms with Crippen LogP contribution in [0.4, 0.5) is 22.0 Å². The van der Waals surface area contributed by atoms with Gasteiger partial charge in [0.05, 0.1) is 0 Å². The van der Waals surface area contributed by atoms with Crippen molar-refractivity contribution in [3.8, 4) is 0 Å². The summed E-state index contributed by atoms with van der Waals surface area (Å²) in [7, 11) is 0. The van der Waals surface area contributed by atoms with Crippen molar-refractivity contribution in [2.45, 2.75) is 19.3 Å². The number of carbonyl (C=O) groups excluding carboxylic acids is 2. The summed E-state index contributed by atoms with van der Waals surface area (Å²) in [6.07, 6.45) is 1.68. The topological polar surface area (TPSA) is 43.4 Å². The van der Waals surface area contributed by atoms with Crippen molar-refractivity contribution >= 4 is 11.8 Å². The Morgan fingerprint density at radius 3 is 1.95 bits per heavy atom. The molecule has 21 heavy (non-hydrogen) atoms. The molecular formula is C13H7F5O3. The van der Waals surface area contributed by atoms with Gasteiger partial charge in [0.25, 0.3) is 0 Å². The zero-order valence-electron chi connectivity index (χ0n) is 10.3. The molecule has 0 amide bonds. The summed E-state index contributed by atoms with van der Waals surface area (Å²) in [4.78, 5) is 22.7. The largest absolute Gasteiger partial charge is 0.427 e. The summed E-state index contributed by atoms with van der Waals surface area (Å²) >= 11 is 0. The molecule has 0 bridgehead atoms. The predicted molar refractivity (Wildman–Crippen MR) is 58.6 cm³/mol. The second-order valence-electron chi connectivity index (χ2n) is 4.26. The smallest absolute Gasteiger partial charge is 0.349 e. The average molecular weight is 306 g/mol. The van der Waals surface area contributed by atoms with Crippen molar-refractivity contribution in [3.05, 3.63) is 46.5 Å². The zero-order chi connectivity index (χ0) is 15.7. The van der Waals surface area contributed by atoms with Gasteiger partial charge in [-0.15, -0.1) is 0 Å². The lowest BCUT2D eigenvalue weighted by Gasteiger charge is -2.13. The predicted octanol–water partition coefficient (Wildman–Crippen LogP) is 3.18. The minimum absolute atomic E-state index is 0.146. The molecule has 2 rings (SSSR count). The minimum atomic E-state index is -2.37. The molecule has 0 spiro atoms. The number of benzene rings is 1. The van der Waals surface area contributed by atoms with Crippen molar-refractivity contribution in [2.75, 3.05) is 0 Å². The van der Waals surface area contributed by atoms with E-state index in [0.29, 0.717) is 6.42 Å². The highest BCUT2D eigenvalue weighted by atomic mass is 19.2. The van der Waals surface area contributed by atoms with E-state index in [4.69, 9.17) is 0 Å². The molecule has 0 saturated heterocycles. The Morgan fingerprint density at radius 2 is 1.43 bits per heavy atom. The lowest BCUT2D eigenvalue weighted by atomic mass is 10.1. The molecule has 1 aromatic carbocycles. The number of ether oxygens (including phenoxy) is 1. The van der Waals surface area contributed by atoms with Crippen LogP contribution >= 0.6 is 0 Å². The van der Waals surface area contributed by atoms with Crippen LogP contribution in [-0.2, 0) is 9.53 Å². The van der Waals surface area contributed by atoms with Crippen LogP contribution in [0, 0.1) is 29.1 Å². The Balaban J connectivity index is 2.38. The molecule has 1 aliphatic carbocycles. The first-order valence-corrected chi connectivity index (χ1v) is 5.80. The van der Waals surface area contributed by atoms with Crippen molar-refractivity contribution in [3.63, 3.8) is 0 Å². The normalized spacial score (nSPS) is 14.9. The summed E-state index contributed by atoms with van der Waals surface area (Å²) in [5, 5.41) is 0. The number of rotatable bonds is 2. The van der Waals surface area contributed by atoms with Gasteiger partial charge in [-0.05, 0) is 6.42 Å². The summed E-state index contributed by atoms with van der Waals surface area (Å²) in [6.45, 7) is 0. The summed E-state index contributed by atoms with van der Waals surface area (Å²) in [5.74, 6) is -13.7. The highest BCUT2D eigenvalue weighted by molar-refractivity contribution is 5.93. The van der Waals surface area contributed by atoms with E-state index >= 15 is 0 Å². The van der Waals surface area contributed by atoms with Gasteiger partial charge >= 0.3 is 5.97 Å². The van der Waals surface area contributed by atoms with E-state index in [0.717, 1.165) is 6.08 Å². The molecule has 1 aliphatic rings. The molecule has 112 valence electrons. The second-order valence-corrected chi connectivity index (χ2v) is 4.26. The van der Waals surface area contributed by atoms with Crippen LogP contribution < -0.4 is 0 Å². The first-order chi connectivity index (χ1) is 9.82. The Hall–Kier alpha value is -2.25. The molecule has 0 aromatic heterocycles. The standard InChI is InChI=1S/C13H7F5O3/c14-8-7(9(15)11(17)12(18)10(8)16)13(20)21-6-3-1-2-5(19)4-6/h4H,1-3H2. The van der Waals surface area contributed by atoms with Gasteiger partial charge in [-0.3, -0.25) is 4.79 Å². The fourth-order valence-corrected chi connectivity index (χ4v) is 1.80. The SMILES string of the molecule is O=C1C=C(OC(=O)c2c(F)c(F)c(F)c(F)c2F)CCC1. The summed E-state index contributed by atoms with van der Waals surface area (Å²) in [5.41, 5.74) is -1.69. The average Bonchev–Trinajstić information content (AvgIpc) is 2.43. The molecule has 0 radical (unpaired) electrons. The first kappa shape index (κ1) is 15.1. The van der Waals surface area contributed by atoms with Gasteiger partial charge in [-0.1, -0.05) is 0 Å². The molecule has 0 fully saturated rings. The van der Waals surface area contributed by atoms with Crippen LogP contribution in [0.25, 0.3) is 0 Å². The van der Waals surface area contributed by atoms with Gasteiger partial charge in [0.1, 0.15) is 11.3 Å². The molecule has 8 heteroatoms. The number of allylic oxidation sites excluding steroid dienone is 2. The molecular weight excluding hydrogens is 299 g/mol. The van der Waals surface area contributed by atoms with Gasteiger partial charge in [0.2, 0.25) is 5.82 Å². The van der Waals surface area contributed by atoms with Crippen LogP contribution in [0.15, 0.2) is 11.8 Å². The molecule has 0 saturated carbocycles. The Kier molecular flexibility index (Phi) is 4.06. The third-order valence-corrected chi connectivity index (χ3v) is 2.81. The van der Waals surface area contributed by atoms with Crippen molar-refractivity contribution < 1.29 is 36.3 Å². The first-order valence-electron chi connectivity index (χ1n) is 5.80. The molecule has 3 nitrogen and oxygen atoms in total. The van der Waals surface area contributed by atoms with Crippen LogP contribution in [0.2, 0.25) is 0 Å². The van der Waals surface area contributed by atoms with E-state index in [1.54, 1.807) is 0 Å². The Morgan fingerprint density at radius 1 is 0.905 bits per heavy atom. The van der Waals surface area contributed by atoms with Crippen molar-refractivity contribution in [2.24, 2.45) is 0 Å². The van der Waals surface area contributed by atoms with Gasteiger partial charge in [-0.25, -0.2) is 26.7 Å². The van der Waals surface area contributed by atoms with Crippen LogP contribution in [0.5, 0.6) is 0 Å². The van der Waals surface area contributed by atoms with E-state index in [-0.39, 0.29) is 24.4 Å². The van der Waals surface area contributed by atoms with Gasteiger partial charge < -0.3 is 4.74 Å². The molecule has 0 N–H and O–H groups in total. The highest BCUT2D eigenvalue weighted by Gasteiger charge is 2.31. The van der Waals surface area contributed by atoms with Gasteiger partial charge in [0.15, 0.2) is 29.1 Å². The third kappa shape index (κ3) is 2.79. The van der Waals surface area contributed by atoms with Crippen molar-refractivity contribution in [1.29, 1.82) is 0 Å². The van der Waals surface area contributed by atoms with E-state index in [2.05, 4.69) is 4.74 Å². The third-order valence-electron chi connectivity index (χ3n) is 2.81. The monoisotopic (exact) mass is 306 g/mol. The molecule has 0 aliphatic heterocycles. The lowest BCUT2D eigenvalue weighted by Crippen LogP contribution is -2.16. The maximum Gasteiger partial charge on any atom is 0.349 e. The number of esters is 1. The fourth-order valence-electron chi connectivity index (χ4n) is 1.80. The summed E-state index contributed by atoms with van der Waals surface area (Å²) in [6, 6.07) is 0. The Bertz CT molecular complexity index is 637. The van der Waals surface area contributed by atoms with E-state index in [1.165, 1.54) is 0 Å². The van der Waals surface area contributed by atoms with Crippen LogP contribution in [0.3, 0.4) is 0 Å². The number of carbonyl (C=O) groups is 2. The minimum Gasteiger partial charge on any atom is -0.427 e. The Labute approximate surface area is 115 Å². The molecule has 0 atom stereocenters. The number of ketones is 1. The quantitative estimate of drug-likeness (QED) is 0.365. The highest BCUT2D eigenvalue weighted by Crippen LogP contribution is 2.25. The molecule has 0 unspecified atom stereocenters. The van der Waals surface area contributed by atoms with Crippen LogP contribution in [-0.4, -0.2) is 11.8 Å². The molecule has 0 heterocycles. The summed E-state index contributed by atoms with van der Waals surface area (Å²) < 4.78 is 70.0. The van der Waals surface area contributed by atoms with E-state index in [9.17, 15) is 31.5 Å². The molecule has 1 aromatic rings. The number of hydrogen-bond acceptors (Lipinski definition) is 3. The van der Waals surface area contributed by atoms with E-state index < -0.39 is 40.6 Å². The maximum absolute atomic E-state index is 13.4. The van der Waals surface area contributed by atoms with Crippen LogP contribution in [0.1, 0.15) is 29.6 Å². The maximum atomic E-state index is 13.4. The zero-order valence-corrected chi connectivity index (χ0v) is 10.3. The number of hydrogen-bond donors (Lipinski definition) is 0. The fraction of sp³-hybridized carbons (Fsp3) is 0.231. The lowest BCUT2D eigenvalue weighted by molar-refractivity contribution is -0.115. The second kappa shape index (κ2) is 5.63. The van der Waals surface area contributed by atoms with E-state index in [1.807, 2.05) is 0 Å². The number of halogens is 5. The van der Waals surface area contributed by atoms with Gasteiger partial charge in [0, 0.05) is 18.9 Å².